The molecule has 4 heteroatoms. The molecule has 3 aromatic rings. The maximum Gasteiger partial charge on any atom is 0.164 e. The van der Waals surface area contributed by atoms with Crippen LogP contribution in [-0.4, -0.2) is 10.9 Å². The molecule has 0 fully saturated rings. The molecule has 0 saturated heterocycles. The molecule has 0 aliphatic heterocycles. The summed E-state index contributed by atoms with van der Waals surface area (Å²) in [5.74, 6) is 0.104. The molecule has 0 aromatic heterocycles. The summed E-state index contributed by atoms with van der Waals surface area (Å²) < 4.78 is 0. The van der Waals surface area contributed by atoms with Crippen molar-refractivity contribution in [3.63, 3.8) is 0 Å². The van der Waals surface area contributed by atoms with E-state index in [0.717, 1.165) is 0 Å². The van der Waals surface area contributed by atoms with Crippen LogP contribution in [0.5, 0.6) is 0 Å². The number of benzene rings is 3. The van der Waals surface area contributed by atoms with Gasteiger partial charge in [-0.25, -0.2) is 0 Å². The van der Waals surface area contributed by atoms with E-state index in [1.54, 1.807) is 0 Å². The van der Waals surface area contributed by atoms with Crippen molar-refractivity contribution in [3.8, 4) is 0 Å². The van der Waals surface area contributed by atoms with Gasteiger partial charge in [-0.2, -0.15) is 30.3 Å². The fourth-order valence-electron chi connectivity index (χ4n) is 3.29. The number of carbonyl (C=O) groups excluding carboxylic acids is 1. The zero-order chi connectivity index (χ0) is 25.4. The van der Waals surface area contributed by atoms with Gasteiger partial charge in [-0.3, -0.25) is 4.79 Å². The molecule has 0 aliphatic rings. The van der Waals surface area contributed by atoms with E-state index in [2.05, 4.69) is 85.8 Å². The summed E-state index contributed by atoms with van der Waals surface area (Å²) in [6.45, 7) is 13.4. The van der Waals surface area contributed by atoms with E-state index in [4.69, 9.17) is 0 Å². The number of ketones is 1. The van der Waals surface area contributed by atoms with Crippen LogP contribution in [0.15, 0.2) is 96.8 Å². The Hall–Kier alpha value is -2.01. The third-order valence-electron chi connectivity index (χ3n) is 5.58. The van der Waals surface area contributed by atoms with Crippen LogP contribution in [0.2, 0.25) is 0 Å². The molecule has 0 amide bonds. The topological polar surface area (TPSA) is 37.3 Å². The summed E-state index contributed by atoms with van der Waals surface area (Å²) in [7, 11) is -0.861. The van der Waals surface area contributed by atoms with Crippen molar-refractivity contribution in [2.75, 3.05) is 0 Å². The van der Waals surface area contributed by atoms with Crippen LogP contribution in [-0.2, 0) is 25.9 Å². The maximum absolute atomic E-state index is 11.5. The summed E-state index contributed by atoms with van der Waals surface area (Å²) in [5.41, 5.74) is 1.03. The van der Waals surface area contributed by atoms with Gasteiger partial charge in [0.1, 0.15) is 5.76 Å². The van der Waals surface area contributed by atoms with Gasteiger partial charge in [0.25, 0.3) is 0 Å². The quantitative estimate of drug-likeness (QED) is 0.132. The average molecular weight is 670 g/mol. The Morgan fingerprint density at radius 1 is 0.800 bits per heavy atom. The van der Waals surface area contributed by atoms with Crippen molar-refractivity contribution in [3.05, 3.63) is 108 Å². The normalized spacial score (nSPS) is 12.7. The number of carbonyl (C=O) groups is 1. The molecule has 0 heterocycles. The molecule has 1 unspecified atom stereocenters. The molecule has 2 nitrogen and oxygen atoms in total. The summed E-state index contributed by atoms with van der Waals surface area (Å²) in [4.78, 5) is 11.5. The SMILES string of the molecule is CC(C)(C)C(=O)/C=C(\O)C(C)(C)C.CC(c1[c-]cccc1)[PH+](c1ccccc1)c1ccccc1.[Pt]. The molecule has 0 aliphatic carbocycles. The summed E-state index contributed by atoms with van der Waals surface area (Å²) in [5, 5.41) is 12.5. The third-order valence-corrected chi connectivity index (χ3v) is 8.67. The Kier molecular flexibility index (Phi) is 12.3. The second kappa shape index (κ2) is 13.9. The van der Waals surface area contributed by atoms with Crippen LogP contribution in [0.1, 0.15) is 59.7 Å². The average Bonchev–Trinajstić information content (AvgIpc) is 2.80. The number of aliphatic hydroxyl groups excluding tert-OH is 1. The minimum absolute atomic E-state index is 0. The van der Waals surface area contributed by atoms with Gasteiger partial charge in [-0.1, -0.05) is 77.9 Å². The van der Waals surface area contributed by atoms with E-state index in [1.807, 2.05) is 53.7 Å². The van der Waals surface area contributed by atoms with Gasteiger partial charge < -0.3 is 5.11 Å². The Labute approximate surface area is 227 Å². The van der Waals surface area contributed by atoms with E-state index in [0.29, 0.717) is 5.66 Å². The van der Waals surface area contributed by atoms with Crippen LogP contribution in [0.25, 0.3) is 0 Å². The van der Waals surface area contributed by atoms with Crippen LogP contribution in [0, 0.1) is 16.9 Å². The fourth-order valence-corrected chi connectivity index (χ4v) is 6.22. The largest absolute Gasteiger partial charge is 0.512 e. The molecule has 3 aromatic carbocycles. The minimum atomic E-state index is -0.861. The van der Waals surface area contributed by atoms with Gasteiger partial charge in [0.05, 0.1) is 24.2 Å². The van der Waals surface area contributed by atoms with Crippen LogP contribution in [0.4, 0.5) is 0 Å². The van der Waals surface area contributed by atoms with Crippen LogP contribution in [0.3, 0.4) is 0 Å². The molecular weight excluding hydrogens is 630 g/mol. The summed E-state index contributed by atoms with van der Waals surface area (Å²) in [6.07, 6.45) is 1.33. The van der Waals surface area contributed by atoms with E-state index in [-0.39, 0.29) is 38.0 Å². The first-order chi connectivity index (χ1) is 15.9. The van der Waals surface area contributed by atoms with Gasteiger partial charge in [-0.15, -0.1) is 5.56 Å². The zero-order valence-electron chi connectivity index (χ0n) is 21.9. The van der Waals surface area contributed by atoms with Gasteiger partial charge in [0.15, 0.2) is 5.78 Å². The monoisotopic (exact) mass is 669 g/mol. The fraction of sp³-hybridized carbons (Fsp3) is 0.323. The van der Waals surface area contributed by atoms with Gasteiger partial charge in [-0.05, 0) is 31.2 Å². The molecular formula is C31H39O2PPt. The van der Waals surface area contributed by atoms with Crippen molar-refractivity contribution in [1.29, 1.82) is 0 Å². The molecule has 0 radical (unpaired) electrons. The minimum Gasteiger partial charge on any atom is -0.512 e. The third kappa shape index (κ3) is 9.87. The van der Waals surface area contributed by atoms with E-state index in [9.17, 15) is 9.90 Å². The zero-order valence-corrected chi connectivity index (χ0v) is 25.2. The molecule has 190 valence electrons. The van der Waals surface area contributed by atoms with Crippen molar-refractivity contribution in [2.45, 2.75) is 54.1 Å². The predicted molar refractivity (Wildman–Crippen MR) is 149 cm³/mol. The van der Waals surface area contributed by atoms with E-state index >= 15 is 0 Å². The van der Waals surface area contributed by atoms with Gasteiger partial charge in [0, 0.05) is 38.0 Å². The van der Waals surface area contributed by atoms with Crippen LogP contribution < -0.4 is 10.6 Å². The molecule has 0 spiro atoms. The molecule has 0 saturated carbocycles. The van der Waals surface area contributed by atoms with Crippen molar-refractivity contribution < 1.29 is 31.0 Å². The number of aliphatic hydroxyl groups is 1. The Bertz CT molecular complexity index is 1010. The number of rotatable bonds is 5. The second-order valence-electron chi connectivity index (χ2n) is 10.6. The molecule has 1 N–H and O–H groups in total. The first kappa shape index (κ1) is 31.0. The maximum atomic E-state index is 11.5. The number of hydrogen-bond acceptors (Lipinski definition) is 2. The first-order valence-corrected chi connectivity index (χ1v) is 13.4. The molecule has 0 bridgehead atoms. The van der Waals surface area contributed by atoms with Crippen molar-refractivity contribution in [1.82, 2.24) is 0 Å². The molecule has 3 rings (SSSR count). The smallest absolute Gasteiger partial charge is 0.164 e. The molecule has 1 atom stereocenters. The van der Waals surface area contributed by atoms with Crippen LogP contribution >= 0.6 is 7.92 Å². The molecule has 35 heavy (non-hydrogen) atoms. The standard InChI is InChI=1S/C20H18P.C11H20O2.Pt/c1-17(18-11-5-2-6-12-18)21(19-13-7-3-8-14-19)20-15-9-4-10-16-20;1-10(2,3)8(12)7-9(13)11(4,5)6;/h2-11,13-17H,1H3;7,12H,1-6H3;/q-1;;/p+1/b;8-7-;. The first-order valence-electron chi connectivity index (χ1n) is 11.8. The number of allylic oxidation sites excluding steroid dienone is 2. The van der Waals surface area contributed by atoms with Gasteiger partial charge in [0.2, 0.25) is 0 Å². The summed E-state index contributed by atoms with van der Waals surface area (Å²) in [6, 6.07) is 33.6. The summed E-state index contributed by atoms with van der Waals surface area (Å²) >= 11 is 0. The second-order valence-corrected chi connectivity index (χ2v) is 13.4. The Balaban J connectivity index is 0.000000383. The van der Waals surface area contributed by atoms with Crippen molar-refractivity contribution in [2.24, 2.45) is 10.8 Å². The number of hydrogen-bond donors (Lipinski definition) is 1. The van der Waals surface area contributed by atoms with E-state index in [1.165, 1.54) is 22.2 Å². The Morgan fingerprint density at radius 3 is 1.63 bits per heavy atom. The Morgan fingerprint density at radius 2 is 1.26 bits per heavy atom. The van der Waals surface area contributed by atoms with Gasteiger partial charge >= 0.3 is 0 Å². The van der Waals surface area contributed by atoms with Crippen molar-refractivity contribution >= 4 is 24.3 Å². The predicted octanol–water partition coefficient (Wildman–Crippen LogP) is 7.50. The van der Waals surface area contributed by atoms with E-state index < -0.39 is 13.3 Å².